The average molecular weight is 458 g/mol. The molecule has 1 aliphatic rings. The van der Waals surface area contributed by atoms with Crippen molar-refractivity contribution in [3.05, 3.63) is 59.1 Å². The first-order valence-electron chi connectivity index (χ1n) is 9.97. The van der Waals surface area contributed by atoms with Gasteiger partial charge in [-0.05, 0) is 26.0 Å². The van der Waals surface area contributed by atoms with Gasteiger partial charge in [0.1, 0.15) is 5.82 Å². The molecule has 10 nitrogen and oxygen atoms in total. The molecule has 33 heavy (non-hydrogen) atoms. The molecule has 2 amide bonds. The van der Waals surface area contributed by atoms with Crippen molar-refractivity contribution < 1.29 is 27.5 Å². The fourth-order valence-corrected chi connectivity index (χ4v) is 3.36. The molecule has 0 saturated carbocycles. The highest BCUT2D eigenvalue weighted by atomic mass is 19.3. The summed E-state index contributed by atoms with van der Waals surface area (Å²) in [4.78, 5) is 34.8. The Morgan fingerprint density at radius 1 is 1.39 bits per heavy atom. The molecule has 0 aromatic carbocycles. The lowest BCUT2D eigenvalue weighted by atomic mass is 10.1. The third kappa shape index (κ3) is 4.64. The average Bonchev–Trinajstić information content (AvgIpc) is 3.41. The van der Waals surface area contributed by atoms with E-state index < -0.39 is 24.5 Å². The molecule has 1 aliphatic heterocycles. The molecule has 4 rings (SSSR count). The van der Waals surface area contributed by atoms with Crippen LogP contribution in [0.25, 0.3) is 0 Å². The Labute approximate surface area is 187 Å². The highest BCUT2D eigenvalue weighted by molar-refractivity contribution is 6.05. The number of nitrogens with zero attached hydrogens (tertiary/aromatic N) is 5. The van der Waals surface area contributed by atoms with Crippen molar-refractivity contribution in [2.24, 2.45) is 0 Å². The zero-order chi connectivity index (χ0) is 23.8. The zero-order valence-electron chi connectivity index (χ0n) is 18.0. The topological polar surface area (TPSA) is 123 Å². The summed E-state index contributed by atoms with van der Waals surface area (Å²) in [5.41, 5.74) is 1.93. The van der Waals surface area contributed by atoms with Gasteiger partial charge < -0.3 is 19.4 Å². The molecule has 4 heterocycles. The van der Waals surface area contributed by atoms with Crippen molar-refractivity contribution >= 4 is 17.6 Å². The molecule has 172 valence electrons. The number of nitrogens with one attached hydrogen (secondary N) is 1. The first-order chi connectivity index (χ1) is 15.6. The number of hydrogen-bond acceptors (Lipinski definition) is 8. The number of carbonyl (C=O) groups is 2. The smallest absolute Gasteiger partial charge is 0.294 e. The minimum atomic E-state index is -3.00. The van der Waals surface area contributed by atoms with E-state index in [1.54, 1.807) is 30.9 Å². The molecule has 3 aromatic rings. The van der Waals surface area contributed by atoms with Crippen LogP contribution >= 0.6 is 0 Å². The van der Waals surface area contributed by atoms with E-state index in [1.807, 2.05) is 0 Å². The molecule has 1 N–H and O–H groups in total. The van der Waals surface area contributed by atoms with Gasteiger partial charge in [0.15, 0.2) is 13.0 Å². The second-order valence-corrected chi connectivity index (χ2v) is 7.73. The van der Waals surface area contributed by atoms with E-state index in [0.717, 1.165) is 13.3 Å². The number of hydrogen-bond donors (Lipinski definition) is 1. The van der Waals surface area contributed by atoms with Gasteiger partial charge in [-0.15, -0.1) is 10.2 Å². The largest absolute Gasteiger partial charge is 0.470 e. The van der Waals surface area contributed by atoms with E-state index in [0.29, 0.717) is 22.4 Å². The van der Waals surface area contributed by atoms with E-state index in [4.69, 9.17) is 9.15 Å². The van der Waals surface area contributed by atoms with Crippen molar-refractivity contribution in [2.45, 2.75) is 39.3 Å². The molecule has 1 unspecified atom stereocenters. The highest BCUT2D eigenvalue weighted by Gasteiger charge is 2.35. The molecule has 1 atom stereocenters. The van der Waals surface area contributed by atoms with Crippen LogP contribution in [0, 0.1) is 6.92 Å². The molecule has 0 radical (unpaired) electrons. The van der Waals surface area contributed by atoms with Crippen LogP contribution in [0.4, 0.5) is 14.6 Å². The molecule has 0 saturated heterocycles. The van der Waals surface area contributed by atoms with E-state index >= 15 is 0 Å². The van der Waals surface area contributed by atoms with Gasteiger partial charge in [0.2, 0.25) is 11.6 Å². The van der Waals surface area contributed by atoms with Gasteiger partial charge in [-0.25, -0.2) is 18.7 Å². The monoisotopic (exact) mass is 458 g/mol. The third-order valence-corrected chi connectivity index (χ3v) is 5.08. The number of ether oxygens (including phenoxy) is 1. The number of halogens is 2. The number of aromatic nitrogens is 4. The number of rotatable bonds is 7. The SMILES string of the molecule is Cc1cc(C(C)N2Cc3c(ccnc3NC(=O)c3cnco3)C2=O)nnc1OCC(C)(F)F. The van der Waals surface area contributed by atoms with Crippen molar-refractivity contribution in [3.8, 4) is 5.88 Å². The molecular formula is C21H20F2N6O4. The fraction of sp³-hybridized carbons (Fsp3) is 0.333. The van der Waals surface area contributed by atoms with Gasteiger partial charge in [0.05, 0.1) is 24.5 Å². The number of alkyl halides is 2. The molecule has 12 heteroatoms. The van der Waals surface area contributed by atoms with Crippen LogP contribution in [0.5, 0.6) is 5.88 Å². The summed E-state index contributed by atoms with van der Waals surface area (Å²) in [6.45, 7) is 3.55. The first kappa shape index (κ1) is 22.2. The van der Waals surface area contributed by atoms with E-state index in [-0.39, 0.29) is 29.9 Å². The predicted octanol–water partition coefficient (Wildman–Crippen LogP) is 3.17. The summed E-state index contributed by atoms with van der Waals surface area (Å²) in [6.07, 6.45) is 3.84. The van der Waals surface area contributed by atoms with Gasteiger partial charge in [-0.1, -0.05) is 0 Å². The Morgan fingerprint density at radius 3 is 2.85 bits per heavy atom. The van der Waals surface area contributed by atoms with Crippen LogP contribution in [0.3, 0.4) is 0 Å². The van der Waals surface area contributed by atoms with Crippen LogP contribution in [-0.4, -0.2) is 49.4 Å². The van der Waals surface area contributed by atoms with Crippen molar-refractivity contribution in [1.82, 2.24) is 25.1 Å². The Bertz CT molecular complexity index is 1200. The Balaban J connectivity index is 1.52. The maximum absolute atomic E-state index is 13.1. The molecule has 0 fully saturated rings. The fourth-order valence-electron chi connectivity index (χ4n) is 3.36. The van der Waals surface area contributed by atoms with Crippen molar-refractivity contribution in [3.63, 3.8) is 0 Å². The number of oxazole rings is 1. The molecule has 0 aliphatic carbocycles. The minimum absolute atomic E-state index is 0.00474. The van der Waals surface area contributed by atoms with Crippen LogP contribution in [-0.2, 0) is 6.54 Å². The Hall–Kier alpha value is -3.96. The van der Waals surface area contributed by atoms with Gasteiger partial charge in [-0.3, -0.25) is 9.59 Å². The molecule has 0 bridgehead atoms. The first-order valence-corrected chi connectivity index (χ1v) is 9.97. The second kappa shape index (κ2) is 8.52. The van der Waals surface area contributed by atoms with E-state index in [9.17, 15) is 18.4 Å². The molecular weight excluding hydrogens is 438 g/mol. The Kier molecular flexibility index (Phi) is 5.75. The molecule has 3 aromatic heterocycles. The number of fused-ring (bicyclic) bond motifs is 1. The highest BCUT2D eigenvalue weighted by Crippen LogP contribution is 2.34. The van der Waals surface area contributed by atoms with Crippen LogP contribution in [0.1, 0.15) is 57.6 Å². The van der Waals surface area contributed by atoms with Gasteiger partial charge >= 0.3 is 0 Å². The normalized spacial score (nSPS) is 14.2. The lowest BCUT2D eigenvalue weighted by molar-refractivity contribution is -0.0247. The summed E-state index contributed by atoms with van der Waals surface area (Å²) in [5.74, 6) is -3.54. The summed E-state index contributed by atoms with van der Waals surface area (Å²) in [7, 11) is 0. The van der Waals surface area contributed by atoms with Crippen molar-refractivity contribution in [1.29, 1.82) is 0 Å². The standard InChI is InChI=1S/C21H20F2N6O4/c1-11-6-15(27-28-19(11)32-9-21(3,22)23)12(2)29-8-14-13(20(29)31)4-5-25-17(14)26-18(30)16-7-24-10-33-16/h4-7,10,12H,8-9H2,1-3H3,(H,25,26,30). The molecule has 0 spiro atoms. The van der Waals surface area contributed by atoms with Crippen LogP contribution in [0.2, 0.25) is 0 Å². The van der Waals surface area contributed by atoms with Crippen molar-refractivity contribution in [2.75, 3.05) is 11.9 Å². The van der Waals surface area contributed by atoms with Crippen LogP contribution < -0.4 is 10.1 Å². The van der Waals surface area contributed by atoms with Gasteiger partial charge in [0.25, 0.3) is 17.7 Å². The lowest BCUT2D eigenvalue weighted by Crippen LogP contribution is -2.28. The van der Waals surface area contributed by atoms with Gasteiger partial charge in [0, 0.05) is 29.8 Å². The third-order valence-electron chi connectivity index (χ3n) is 5.08. The quantitative estimate of drug-likeness (QED) is 0.573. The maximum Gasteiger partial charge on any atom is 0.294 e. The maximum atomic E-state index is 13.1. The second-order valence-electron chi connectivity index (χ2n) is 7.73. The number of amides is 2. The number of anilines is 1. The number of aryl methyl sites for hydroxylation is 1. The Morgan fingerprint density at radius 2 is 2.18 bits per heavy atom. The lowest BCUT2D eigenvalue weighted by Gasteiger charge is -2.24. The summed E-state index contributed by atoms with van der Waals surface area (Å²) < 4.78 is 36.2. The summed E-state index contributed by atoms with van der Waals surface area (Å²) >= 11 is 0. The van der Waals surface area contributed by atoms with E-state index in [2.05, 4.69) is 25.5 Å². The van der Waals surface area contributed by atoms with Crippen LogP contribution in [0.15, 0.2) is 35.3 Å². The predicted molar refractivity (Wildman–Crippen MR) is 110 cm³/mol. The van der Waals surface area contributed by atoms with E-state index in [1.165, 1.54) is 12.4 Å². The minimum Gasteiger partial charge on any atom is -0.470 e. The summed E-state index contributed by atoms with van der Waals surface area (Å²) in [6, 6.07) is 2.73. The zero-order valence-corrected chi connectivity index (χ0v) is 18.0. The number of pyridine rings is 1. The summed E-state index contributed by atoms with van der Waals surface area (Å²) in [5, 5.41) is 10.6. The number of carbonyl (C=O) groups excluding carboxylic acids is 2. The van der Waals surface area contributed by atoms with Gasteiger partial charge in [-0.2, -0.15) is 0 Å².